The summed E-state index contributed by atoms with van der Waals surface area (Å²) in [4.78, 5) is 31.2. The lowest BCUT2D eigenvalue weighted by molar-refractivity contribution is -0.119. The molecular formula is C16H14N4O3S. The summed E-state index contributed by atoms with van der Waals surface area (Å²) in [6, 6.07) is 6.93. The first-order valence-electron chi connectivity index (χ1n) is 7.12. The van der Waals surface area contributed by atoms with Crippen molar-refractivity contribution in [2.75, 3.05) is 5.32 Å². The number of amides is 2. The van der Waals surface area contributed by atoms with Gasteiger partial charge in [0.15, 0.2) is 10.9 Å². The van der Waals surface area contributed by atoms with Gasteiger partial charge in [-0.1, -0.05) is 0 Å². The molecule has 0 bridgehead atoms. The Balaban J connectivity index is 1.67. The van der Waals surface area contributed by atoms with Crippen molar-refractivity contribution in [3.63, 3.8) is 0 Å². The lowest BCUT2D eigenvalue weighted by atomic mass is 10.3. The second-order valence-electron chi connectivity index (χ2n) is 4.91. The van der Waals surface area contributed by atoms with Gasteiger partial charge < -0.3 is 9.73 Å². The molecule has 0 aromatic carbocycles. The van der Waals surface area contributed by atoms with Crippen molar-refractivity contribution < 1.29 is 14.0 Å². The number of hydrogen-bond acceptors (Lipinski definition) is 6. The number of carbonyl (C=O) groups excluding carboxylic acids is 2. The van der Waals surface area contributed by atoms with Crippen LogP contribution < -0.4 is 10.6 Å². The molecule has 3 aromatic rings. The van der Waals surface area contributed by atoms with E-state index in [0.29, 0.717) is 34.5 Å². The lowest BCUT2D eigenvalue weighted by Crippen LogP contribution is -2.18. The average molecular weight is 342 g/mol. The van der Waals surface area contributed by atoms with Crippen LogP contribution in [0.1, 0.15) is 23.0 Å². The van der Waals surface area contributed by atoms with Gasteiger partial charge in [0.1, 0.15) is 11.5 Å². The van der Waals surface area contributed by atoms with Crippen LogP contribution in [-0.2, 0) is 11.3 Å². The van der Waals surface area contributed by atoms with Gasteiger partial charge in [-0.05, 0) is 24.3 Å². The molecule has 7 nitrogen and oxygen atoms in total. The number of rotatable bonds is 5. The highest BCUT2D eigenvalue weighted by atomic mass is 32.1. The van der Waals surface area contributed by atoms with E-state index in [4.69, 9.17) is 4.42 Å². The molecule has 0 saturated carbocycles. The lowest BCUT2D eigenvalue weighted by Gasteiger charge is -2.00. The van der Waals surface area contributed by atoms with E-state index in [-0.39, 0.29) is 11.8 Å². The Morgan fingerprint density at radius 2 is 2.17 bits per heavy atom. The Labute approximate surface area is 141 Å². The van der Waals surface area contributed by atoms with Crippen LogP contribution >= 0.6 is 11.3 Å². The standard InChI is InChI=1S/C16H14N4O3S/c1-10(21)18-8-12-4-5-14(23-12)13-9-24-16(19-13)20-15(22)11-3-2-6-17-7-11/h2-7,9H,8H2,1H3,(H,18,21)(H,19,20,22). The minimum atomic E-state index is -0.269. The number of furan rings is 1. The van der Waals surface area contributed by atoms with Crippen LogP contribution in [0.15, 0.2) is 46.5 Å². The Kier molecular flexibility index (Phi) is 4.66. The fourth-order valence-corrected chi connectivity index (χ4v) is 2.63. The van der Waals surface area contributed by atoms with Gasteiger partial charge in [-0.15, -0.1) is 11.3 Å². The Hall–Kier alpha value is -3.00. The quantitative estimate of drug-likeness (QED) is 0.743. The third kappa shape index (κ3) is 3.85. The predicted octanol–water partition coefficient (Wildman–Crippen LogP) is 2.69. The largest absolute Gasteiger partial charge is 0.458 e. The van der Waals surface area contributed by atoms with Crippen LogP contribution in [0.25, 0.3) is 11.5 Å². The van der Waals surface area contributed by atoms with Crippen LogP contribution in [-0.4, -0.2) is 21.8 Å². The molecule has 3 aromatic heterocycles. The topological polar surface area (TPSA) is 97.1 Å². The molecule has 3 heterocycles. The number of aromatic nitrogens is 2. The average Bonchev–Trinajstić information content (AvgIpc) is 3.22. The number of anilines is 1. The maximum absolute atomic E-state index is 12.1. The Morgan fingerprint density at radius 1 is 1.29 bits per heavy atom. The fourth-order valence-electron chi connectivity index (χ4n) is 1.93. The van der Waals surface area contributed by atoms with Crippen molar-refractivity contribution in [3.8, 4) is 11.5 Å². The van der Waals surface area contributed by atoms with E-state index in [9.17, 15) is 9.59 Å². The molecule has 0 atom stereocenters. The third-order valence-corrected chi connectivity index (χ3v) is 3.83. The summed E-state index contributed by atoms with van der Waals surface area (Å²) in [5.41, 5.74) is 1.08. The van der Waals surface area contributed by atoms with E-state index in [2.05, 4.69) is 20.6 Å². The van der Waals surface area contributed by atoms with Crippen LogP contribution in [0, 0.1) is 0 Å². The molecule has 0 unspecified atom stereocenters. The highest BCUT2D eigenvalue weighted by Gasteiger charge is 2.12. The maximum atomic E-state index is 12.1. The number of pyridine rings is 1. The van der Waals surface area contributed by atoms with E-state index in [0.717, 1.165) is 0 Å². The first kappa shape index (κ1) is 15.9. The van der Waals surface area contributed by atoms with Crippen LogP contribution in [0.2, 0.25) is 0 Å². The molecule has 0 saturated heterocycles. The van der Waals surface area contributed by atoms with Gasteiger partial charge in [0.25, 0.3) is 5.91 Å². The molecule has 0 aliphatic rings. The van der Waals surface area contributed by atoms with E-state index in [1.54, 1.807) is 35.8 Å². The Morgan fingerprint density at radius 3 is 2.92 bits per heavy atom. The SMILES string of the molecule is CC(=O)NCc1ccc(-c2csc(NC(=O)c3cccnc3)n2)o1. The number of nitrogens with one attached hydrogen (secondary N) is 2. The van der Waals surface area contributed by atoms with Crippen LogP contribution in [0.5, 0.6) is 0 Å². The molecule has 0 aliphatic carbocycles. The van der Waals surface area contributed by atoms with Crippen molar-refractivity contribution in [3.05, 3.63) is 53.4 Å². The summed E-state index contributed by atoms with van der Waals surface area (Å²) in [7, 11) is 0. The molecule has 24 heavy (non-hydrogen) atoms. The molecular weight excluding hydrogens is 328 g/mol. The molecule has 122 valence electrons. The predicted molar refractivity (Wildman–Crippen MR) is 89.5 cm³/mol. The van der Waals surface area contributed by atoms with Gasteiger partial charge in [-0.3, -0.25) is 19.9 Å². The van der Waals surface area contributed by atoms with Gasteiger partial charge in [0.05, 0.1) is 12.1 Å². The molecule has 2 amide bonds. The van der Waals surface area contributed by atoms with Gasteiger partial charge in [0.2, 0.25) is 5.91 Å². The molecule has 0 fully saturated rings. The van der Waals surface area contributed by atoms with Gasteiger partial charge in [-0.25, -0.2) is 4.98 Å². The zero-order valence-electron chi connectivity index (χ0n) is 12.8. The molecule has 0 spiro atoms. The van der Waals surface area contributed by atoms with Gasteiger partial charge >= 0.3 is 0 Å². The normalized spacial score (nSPS) is 10.4. The summed E-state index contributed by atoms with van der Waals surface area (Å²) in [6.07, 6.45) is 3.10. The van der Waals surface area contributed by atoms with Gasteiger partial charge in [-0.2, -0.15) is 0 Å². The highest BCUT2D eigenvalue weighted by Crippen LogP contribution is 2.26. The Bertz CT molecular complexity index is 857. The summed E-state index contributed by atoms with van der Waals surface area (Å²) >= 11 is 1.30. The fraction of sp³-hybridized carbons (Fsp3) is 0.125. The molecule has 0 radical (unpaired) electrons. The van der Waals surface area contributed by atoms with Crippen molar-refractivity contribution in [1.82, 2.24) is 15.3 Å². The van der Waals surface area contributed by atoms with E-state index in [1.807, 2.05) is 0 Å². The maximum Gasteiger partial charge on any atom is 0.259 e. The van der Waals surface area contributed by atoms with Gasteiger partial charge in [0, 0.05) is 24.7 Å². The zero-order chi connectivity index (χ0) is 16.9. The van der Waals surface area contributed by atoms with Crippen molar-refractivity contribution in [2.45, 2.75) is 13.5 Å². The second kappa shape index (κ2) is 7.05. The molecule has 8 heteroatoms. The molecule has 0 aliphatic heterocycles. The minimum Gasteiger partial charge on any atom is -0.458 e. The van der Waals surface area contributed by atoms with E-state index >= 15 is 0 Å². The smallest absolute Gasteiger partial charge is 0.259 e. The monoisotopic (exact) mass is 342 g/mol. The van der Waals surface area contributed by atoms with Crippen LogP contribution in [0.4, 0.5) is 5.13 Å². The first-order valence-corrected chi connectivity index (χ1v) is 8.00. The first-order chi connectivity index (χ1) is 11.6. The summed E-state index contributed by atoms with van der Waals surface area (Å²) in [6.45, 7) is 1.77. The number of nitrogens with zero attached hydrogens (tertiary/aromatic N) is 2. The van der Waals surface area contributed by atoms with Crippen molar-refractivity contribution >= 4 is 28.3 Å². The van der Waals surface area contributed by atoms with E-state index < -0.39 is 0 Å². The highest BCUT2D eigenvalue weighted by molar-refractivity contribution is 7.14. The number of hydrogen-bond donors (Lipinski definition) is 2. The molecule has 3 rings (SSSR count). The third-order valence-electron chi connectivity index (χ3n) is 3.07. The summed E-state index contributed by atoms with van der Waals surface area (Å²) < 4.78 is 5.63. The molecule has 2 N–H and O–H groups in total. The van der Waals surface area contributed by atoms with E-state index in [1.165, 1.54) is 24.5 Å². The summed E-state index contributed by atoms with van der Waals surface area (Å²) in [5.74, 6) is 0.819. The van der Waals surface area contributed by atoms with Crippen LogP contribution in [0.3, 0.4) is 0 Å². The summed E-state index contributed by atoms with van der Waals surface area (Å²) in [5, 5.41) is 7.65. The number of carbonyl (C=O) groups is 2. The van der Waals surface area contributed by atoms with Crippen molar-refractivity contribution in [2.24, 2.45) is 0 Å². The minimum absolute atomic E-state index is 0.123. The zero-order valence-corrected chi connectivity index (χ0v) is 13.6. The second-order valence-corrected chi connectivity index (χ2v) is 5.77. The number of thiazole rings is 1. The van der Waals surface area contributed by atoms with Crippen molar-refractivity contribution in [1.29, 1.82) is 0 Å².